The normalized spacial score (nSPS) is 16.9. The van der Waals surface area contributed by atoms with Crippen molar-refractivity contribution in [2.45, 2.75) is 59.1 Å². The molecule has 0 saturated carbocycles. The quantitative estimate of drug-likeness (QED) is 0.681. The van der Waals surface area contributed by atoms with Gasteiger partial charge in [0, 0.05) is 55.6 Å². The molecule has 1 aromatic carbocycles. The molecule has 170 valence electrons. The van der Waals surface area contributed by atoms with Crippen LogP contribution in [0, 0.1) is 0 Å². The lowest BCUT2D eigenvalue weighted by Crippen LogP contribution is -2.36. The lowest BCUT2D eigenvalue weighted by atomic mass is 10.2. The van der Waals surface area contributed by atoms with E-state index in [1.807, 2.05) is 58.7 Å². The van der Waals surface area contributed by atoms with E-state index in [4.69, 9.17) is 4.74 Å². The van der Waals surface area contributed by atoms with Gasteiger partial charge in [0.05, 0.1) is 6.10 Å². The van der Waals surface area contributed by atoms with Gasteiger partial charge in [-0.25, -0.2) is 4.79 Å². The van der Waals surface area contributed by atoms with E-state index in [9.17, 15) is 9.59 Å². The molecule has 1 saturated heterocycles. The van der Waals surface area contributed by atoms with E-state index in [0.717, 1.165) is 55.4 Å². The number of amides is 3. The van der Waals surface area contributed by atoms with Crippen LogP contribution in [0.4, 0.5) is 10.5 Å². The summed E-state index contributed by atoms with van der Waals surface area (Å²) in [6, 6.07) is 7.77. The molecular weight excluding hydrogens is 392 g/mol. The number of hydrogen-bond donors (Lipinski definition) is 1. The van der Waals surface area contributed by atoms with Crippen LogP contribution in [-0.2, 0) is 16.1 Å². The highest BCUT2D eigenvalue weighted by Crippen LogP contribution is 2.22. The molecule has 1 aliphatic rings. The highest BCUT2D eigenvalue weighted by atomic mass is 16.5. The van der Waals surface area contributed by atoms with Crippen molar-refractivity contribution >= 4 is 28.5 Å². The Morgan fingerprint density at radius 2 is 1.94 bits per heavy atom. The fourth-order valence-electron chi connectivity index (χ4n) is 4.16. The van der Waals surface area contributed by atoms with Gasteiger partial charge in [-0.2, -0.15) is 0 Å². The van der Waals surface area contributed by atoms with Crippen LogP contribution in [0.25, 0.3) is 10.9 Å². The number of nitrogens with one attached hydrogen (secondary N) is 1. The first-order valence-electron chi connectivity index (χ1n) is 11.6. The summed E-state index contributed by atoms with van der Waals surface area (Å²) in [6.45, 7) is 10.1. The zero-order valence-corrected chi connectivity index (χ0v) is 19.1. The first-order chi connectivity index (χ1) is 15.0. The summed E-state index contributed by atoms with van der Waals surface area (Å²) < 4.78 is 7.84. The van der Waals surface area contributed by atoms with Gasteiger partial charge in [-0.05, 0) is 63.8 Å². The molecule has 3 rings (SSSR count). The van der Waals surface area contributed by atoms with Gasteiger partial charge in [-0.1, -0.05) is 6.92 Å². The number of carbonyl (C=O) groups is 2. The Bertz CT molecular complexity index is 875. The van der Waals surface area contributed by atoms with Crippen molar-refractivity contribution in [3.8, 4) is 0 Å². The van der Waals surface area contributed by atoms with Gasteiger partial charge in [-0.3, -0.25) is 4.79 Å². The Morgan fingerprint density at radius 3 is 2.68 bits per heavy atom. The van der Waals surface area contributed by atoms with Gasteiger partial charge < -0.3 is 24.4 Å². The summed E-state index contributed by atoms with van der Waals surface area (Å²) in [5, 5.41) is 4.05. The molecule has 0 radical (unpaired) electrons. The van der Waals surface area contributed by atoms with Crippen molar-refractivity contribution in [2.24, 2.45) is 0 Å². The second-order valence-electron chi connectivity index (χ2n) is 8.12. The third kappa shape index (κ3) is 6.00. The van der Waals surface area contributed by atoms with E-state index in [0.29, 0.717) is 26.2 Å². The predicted octanol–water partition coefficient (Wildman–Crippen LogP) is 4.32. The number of anilines is 1. The summed E-state index contributed by atoms with van der Waals surface area (Å²) in [5.41, 5.74) is 1.76. The first kappa shape index (κ1) is 23.1. The number of benzene rings is 1. The van der Waals surface area contributed by atoms with Crippen molar-refractivity contribution in [3.05, 3.63) is 30.5 Å². The molecule has 1 unspecified atom stereocenters. The Morgan fingerprint density at radius 1 is 1.13 bits per heavy atom. The number of fused-ring (bicyclic) bond motifs is 1. The van der Waals surface area contributed by atoms with E-state index in [2.05, 4.69) is 12.2 Å². The molecular formula is C24H36N4O3. The molecule has 2 heterocycles. The number of likely N-dealkylation sites (N-methyl/N-ethyl adjacent to an activating group) is 1. The minimum atomic E-state index is -0.0633. The number of rotatable bonds is 8. The Labute approximate surface area is 185 Å². The number of hydrogen-bond acceptors (Lipinski definition) is 3. The predicted molar refractivity (Wildman–Crippen MR) is 124 cm³/mol. The molecule has 1 fully saturated rings. The molecule has 7 heteroatoms. The second-order valence-corrected chi connectivity index (χ2v) is 8.12. The van der Waals surface area contributed by atoms with Crippen molar-refractivity contribution in [1.29, 1.82) is 0 Å². The summed E-state index contributed by atoms with van der Waals surface area (Å²) in [4.78, 5) is 28.9. The van der Waals surface area contributed by atoms with Crippen LogP contribution in [0.2, 0.25) is 0 Å². The molecule has 2 aromatic rings. The van der Waals surface area contributed by atoms with Gasteiger partial charge in [0.1, 0.15) is 6.54 Å². The van der Waals surface area contributed by atoms with Gasteiger partial charge in [0.2, 0.25) is 5.91 Å². The molecule has 0 aliphatic carbocycles. The van der Waals surface area contributed by atoms with Crippen molar-refractivity contribution in [1.82, 2.24) is 14.4 Å². The topological polar surface area (TPSA) is 66.8 Å². The Kier molecular flexibility index (Phi) is 8.35. The van der Waals surface area contributed by atoms with Gasteiger partial charge in [0.25, 0.3) is 0 Å². The highest BCUT2D eigenvalue weighted by Gasteiger charge is 2.21. The summed E-state index contributed by atoms with van der Waals surface area (Å²) in [6.07, 6.45) is 6.07. The van der Waals surface area contributed by atoms with Crippen LogP contribution in [-0.4, -0.2) is 65.2 Å². The summed E-state index contributed by atoms with van der Waals surface area (Å²) >= 11 is 0. The summed E-state index contributed by atoms with van der Waals surface area (Å²) in [5.74, 6) is 0.113. The van der Waals surface area contributed by atoms with E-state index in [1.165, 1.54) is 0 Å². The maximum Gasteiger partial charge on any atom is 0.321 e. The zero-order valence-electron chi connectivity index (χ0n) is 19.1. The van der Waals surface area contributed by atoms with Crippen LogP contribution in [0.3, 0.4) is 0 Å². The fourth-order valence-corrected chi connectivity index (χ4v) is 4.16. The number of aromatic nitrogens is 1. The lowest BCUT2D eigenvalue weighted by molar-refractivity contribution is -0.131. The molecule has 1 aromatic heterocycles. The van der Waals surface area contributed by atoms with E-state index >= 15 is 0 Å². The molecule has 1 aliphatic heterocycles. The number of nitrogens with zero attached hydrogens (tertiary/aromatic N) is 3. The molecule has 1 atom stereocenters. The van der Waals surface area contributed by atoms with Gasteiger partial charge in [0.15, 0.2) is 0 Å². The molecule has 0 spiro atoms. The largest absolute Gasteiger partial charge is 0.378 e. The van der Waals surface area contributed by atoms with Crippen LogP contribution in [0.5, 0.6) is 0 Å². The SMILES string of the molecule is CCCOC1CCCN(C(=O)Nc2ccc3c(ccn3CC(=O)N(CC)CC)c2)CC1. The zero-order chi connectivity index (χ0) is 22.2. The monoisotopic (exact) mass is 428 g/mol. The van der Waals surface area contributed by atoms with Gasteiger partial charge >= 0.3 is 6.03 Å². The molecule has 1 N–H and O–H groups in total. The van der Waals surface area contributed by atoms with Crippen LogP contribution in [0.1, 0.15) is 46.5 Å². The standard InChI is InChI=1S/C24H36N4O3/c1-4-16-31-21-8-7-13-27(15-12-21)24(30)25-20-9-10-22-19(17-20)11-14-28(22)18-23(29)26(5-2)6-3/h9-11,14,17,21H,4-8,12-13,15-16,18H2,1-3H3,(H,25,30). The van der Waals surface area contributed by atoms with Crippen molar-refractivity contribution < 1.29 is 14.3 Å². The third-order valence-electron chi connectivity index (χ3n) is 5.96. The Balaban J connectivity index is 1.61. The number of ether oxygens (including phenoxy) is 1. The van der Waals surface area contributed by atoms with E-state index in [-0.39, 0.29) is 18.0 Å². The van der Waals surface area contributed by atoms with Crippen molar-refractivity contribution in [3.63, 3.8) is 0 Å². The number of likely N-dealkylation sites (tertiary alicyclic amines) is 1. The fraction of sp³-hybridized carbons (Fsp3) is 0.583. The van der Waals surface area contributed by atoms with Crippen LogP contribution in [0.15, 0.2) is 30.5 Å². The third-order valence-corrected chi connectivity index (χ3v) is 5.96. The van der Waals surface area contributed by atoms with E-state index in [1.54, 1.807) is 0 Å². The number of carbonyl (C=O) groups excluding carboxylic acids is 2. The average Bonchev–Trinajstić information content (AvgIpc) is 3.00. The maximum atomic E-state index is 12.8. The molecule has 3 amide bonds. The molecule has 0 bridgehead atoms. The molecule has 7 nitrogen and oxygen atoms in total. The van der Waals surface area contributed by atoms with E-state index < -0.39 is 0 Å². The number of urea groups is 1. The average molecular weight is 429 g/mol. The summed E-state index contributed by atoms with van der Waals surface area (Å²) in [7, 11) is 0. The maximum absolute atomic E-state index is 12.8. The Hall–Kier alpha value is -2.54. The first-order valence-corrected chi connectivity index (χ1v) is 11.6. The minimum absolute atomic E-state index is 0.0633. The van der Waals surface area contributed by atoms with Crippen LogP contribution >= 0.6 is 0 Å². The molecule has 31 heavy (non-hydrogen) atoms. The lowest BCUT2D eigenvalue weighted by Gasteiger charge is -2.21. The minimum Gasteiger partial charge on any atom is -0.378 e. The van der Waals surface area contributed by atoms with Crippen LogP contribution < -0.4 is 5.32 Å². The highest BCUT2D eigenvalue weighted by molar-refractivity contribution is 5.93. The second kappa shape index (κ2) is 11.2. The van der Waals surface area contributed by atoms with Crippen molar-refractivity contribution in [2.75, 3.05) is 38.1 Å². The smallest absolute Gasteiger partial charge is 0.321 e. The van der Waals surface area contributed by atoms with Gasteiger partial charge in [-0.15, -0.1) is 0 Å².